The Hall–Kier alpha value is -1.98. The Morgan fingerprint density at radius 2 is 1.88 bits per heavy atom. The highest BCUT2D eigenvalue weighted by Crippen LogP contribution is 2.26. The first-order valence-corrected chi connectivity index (χ1v) is 9.95. The summed E-state index contributed by atoms with van der Waals surface area (Å²) in [5.74, 6) is 2.43. The molecule has 0 saturated carbocycles. The largest absolute Gasteiger partial charge is 0.483 e. The third kappa shape index (κ3) is 4.59. The molecule has 0 spiro atoms. The van der Waals surface area contributed by atoms with Gasteiger partial charge in [-0.2, -0.15) is 0 Å². The van der Waals surface area contributed by atoms with E-state index in [1.807, 2.05) is 48.9 Å². The van der Waals surface area contributed by atoms with Gasteiger partial charge in [-0.25, -0.2) is 0 Å². The maximum Gasteiger partial charge on any atom is 0.191 e. The number of aromatic nitrogens is 3. The average Bonchev–Trinajstić information content (AvgIpc) is 3.01. The van der Waals surface area contributed by atoms with E-state index in [2.05, 4.69) is 35.3 Å². The standard InChI is InChI=1S/C20H22ClN3OS/c1-4-15-8-10-18(11-9-15)25-14(2)19-22-23-20(24(19)3)26-13-16-6-5-7-17(21)12-16/h5-12,14H,4,13H2,1-3H3. The molecule has 0 bridgehead atoms. The molecule has 3 rings (SSSR count). The molecular weight excluding hydrogens is 366 g/mol. The van der Waals surface area contributed by atoms with Crippen LogP contribution >= 0.6 is 23.4 Å². The minimum Gasteiger partial charge on any atom is -0.483 e. The third-order valence-electron chi connectivity index (χ3n) is 4.13. The Morgan fingerprint density at radius 3 is 2.58 bits per heavy atom. The Balaban J connectivity index is 1.65. The van der Waals surface area contributed by atoms with Gasteiger partial charge in [0.15, 0.2) is 17.1 Å². The van der Waals surface area contributed by atoms with Crippen molar-refractivity contribution in [2.75, 3.05) is 0 Å². The van der Waals surface area contributed by atoms with Gasteiger partial charge in [0.25, 0.3) is 0 Å². The van der Waals surface area contributed by atoms with Gasteiger partial charge in [0.05, 0.1) is 0 Å². The lowest BCUT2D eigenvalue weighted by Crippen LogP contribution is -2.10. The molecule has 1 atom stereocenters. The van der Waals surface area contributed by atoms with Crippen LogP contribution in [0, 0.1) is 0 Å². The van der Waals surface area contributed by atoms with Crippen LogP contribution in [0.15, 0.2) is 53.7 Å². The molecule has 1 heterocycles. The molecule has 0 amide bonds. The molecule has 26 heavy (non-hydrogen) atoms. The molecule has 6 heteroatoms. The fraction of sp³-hybridized carbons (Fsp3) is 0.300. The van der Waals surface area contributed by atoms with Crippen LogP contribution in [0.25, 0.3) is 0 Å². The second kappa shape index (κ2) is 8.60. The van der Waals surface area contributed by atoms with Crippen molar-refractivity contribution in [1.82, 2.24) is 14.8 Å². The highest BCUT2D eigenvalue weighted by Gasteiger charge is 2.17. The highest BCUT2D eigenvalue weighted by molar-refractivity contribution is 7.98. The van der Waals surface area contributed by atoms with Crippen LogP contribution in [0.2, 0.25) is 5.02 Å². The van der Waals surface area contributed by atoms with E-state index in [1.165, 1.54) is 5.56 Å². The lowest BCUT2D eigenvalue weighted by molar-refractivity contribution is 0.211. The van der Waals surface area contributed by atoms with Crippen LogP contribution < -0.4 is 4.74 Å². The SMILES string of the molecule is CCc1ccc(OC(C)c2nnc(SCc3cccc(Cl)c3)n2C)cc1. The minimum absolute atomic E-state index is 0.180. The van der Waals surface area contributed by atoms with Crippen LogP contribution in [-0.2, 0) is 19.2 Å². The van der Waals surface area contributed by atoms with E-state index >= 15 is 0 Å². The summed E-state index contributed by atoms with van der Waals surface area (Å²) in [7, 11) is 1.97. The van der Waals surface area contributed by atoms with Gasteiger partial charge in [-0.15, -0.1) is 10.2 Å². The van der Waals surface area contributed by atoms with E-state index in [9.17, 15) is 0 Å². The fourth-order valence-corrected chi connectivity index (χ4v) is 3.71. The van der Waals surface area contributed by atoms with E-state index in [0.717, 1.165) is 39.5 Å². The van der Waals surface area contributed by atoms with E-state index < -0.39 is 0 Å². The van der Waals surface area contributed by atoms with E-state index in [1.54, 1.807) is 11.8 Å². The Bertz CT molecular complexity index is 864. The maximum atomic E-state index is 6.04. The molecule has 1 aromatic heterocycles. The molecule has 2 aromatic carbocycles. The second-order valence-corrected chi connectivity index (χ2v) is 7.45. The zero-order valence-electron chi connectivity index (χ0n) is 15.1. The van der Waals surface area contributed by atoms with Crippen molar-refractivity contribution < 1.29 is 4.74 Å². The highest BCUT2D eigenvalue weighted by atomic mass is 35.5. The molecule has 136 valence electrons. The van der Waals surface area contributed by atoms with Gasteiger partial charge in [0.2, 0.25) is 0 Å². The van der Waals surface area contributed by atoms with E-state index in [4.69, 9.17) is 16.3 Å². The van der Waals surface area contributed by atoms with Crippen molar-refractivity contribution in [3.05, 3.63) is 70.5 Å². The van der Waals surface area contributed by atoms with E-state index in [-0.39, 0.29) is 6.10 Å². The average molecular weight is 388 g/mol. The Labute approximate surface area is 163 Å². The first-order chi connectivity index (χ1) is 12.6. The number of benzene rings is 2. The Kier molecular flexibility index (Phi) is 6.22. The van der Waals surface area contributed by atoms with Crippen LogP contribution in [-0.4, -0.2) is 14.8 Å². The smallest absolute Gasteiger partial charge is 0.191 e. The summed E-state index contributed by atoms with van der Waals surface area (Å²) < 4.78 is 8.01. The lowest BCUT2D eigenvalue weighted by atomic mass is 10.2. The number of aryl methyl sites for hydroxylation is 1. The lowest BCUT2D eigenvalue weighted by Gasteiger charge is -2.14. The summed E-state index contributed by atoms with van der Waals surface area (Å²) in [5, 5.41) is 10.2. The maximum absolute atomic E-state index is 6.04. The van der Waals surface area contributed by atoms with Crippen molar-refractivity contribution in [3.8, 4) is 5.75 Å². The van der Waals surface area contributed by atoms with Gasteiger partial charge < -0.3 is 9.30 Å². The zero-order chi connectivity index (χ0) is 18.5. The molecule has 0 aliphatic heterocycles. The molecule has 0 aliphatic carbocycles. The van der Waals surface area contributed by atoms with Gasteiger partial charge in [0, 0.05) is 17.8 Å². The molecule has 4 nitrogen and oxygen atoms in total. The summed E-state index contributed by atoms with van der Waals surface area (Å²) in [6, 6.07) is 16.0. The molecule has 0 fully saturated rings. The van der Waals surface area contributed by atoms with Crippen molar-refractivity contribution in [1.29, 1.82) is 0 Å². The summed E-state index contributed by atoms with van der Waals surface area (Å²) in [6.07, 6.45) is 0.840. The molecule has 0 aliphatic rings. The molecule has 3 aromatic rings. The molecule has 0 radical (unpaired) electrons. The Morgan fingerprint density at radius 1 is 1.12 bits per heavy atom. The van der Waals surface area contributed by atoms with Crippen LogP contribution in [0.4, 0.5) is 0 Å². The van der Waals surface area contributed by atoms with Gasteiger partial charge in [-0.1, -0.05) is 54.6 Å². The first kappa shape index (κ1) is 18.8. The van der Waals surface area contributed by atoms with Gasteiger partial charge in [-0.05, 0) is 48.7 Å². The topological polar surface area (TPSA) is 39.9 Å². The number of hydrogen-bond donors (Lipinski definition) is 0. The predicted octanol–water partition coefficient (Wildman–Crippen LogP) is 5.46. The number of nitrogens with zero attached hydrogens (tertiary/aromatic N) is 3. The monoisotopic (exact) mass is 387 g/mol. The normalized spacial score (nSPS) is 12.2. The summed E-state index contributed by atoms with van der Waals surface area (Å²) in [6.45, 7) is 4.13. The van der Waals surface area contributed by atoms with Gasteiger partial charge >= 0.3 is 0 Å². The molecular formula is C20H22ClN3OS. The van der Waals surface area contributed by atoms with Crippen molar-refractivity contribution in [2.45, 2.75) is 37.3 Å². The summed E-state index contributed by atoms with van der Waals surface area (Å²) in [5.41, 5.74) is 2.45. The van der Waals surface area contributed by atoms with Crippen molar-refractivity contribution in [3.63, 3.8) is 0 Å². The fourth-order valence-electron chi connectivity index (χ4n) is 2.64. The number of ether oxygens (including phenoxy) is 1. The summed E-state index contributed by atoms with van der Waals surface area (Å²) in [4.78, 5) is 0. The van der Waals surface area contributed by atoms with Crippen LogP contribution in [0.5, 0.6) is 5.75 Å². The summed E-state index contributed by atoms with van der Waals surface area (Å²) >= 11 is 7.67. The third-order valence-corrected chi connectivity index (χ3v) is 5.46. The van der Waals surface area contributed by atoms with Gasteiger partial charge in [-0.3, -0.25) is 0 Å². The second-order valence-electron chi connectivity index (χ2n) is 6.08. The van der Waals surface area contributed by atoms with Crippen LogP contribution in [0.1, 0.15) is 36.9 Å². The molecule has 0 N–H and O–H groups in total. The molecule has 0 saturated heterocycles. The molecule has 1 unspecified atom stereocenters. The van der Waals surface area contributed by atoms with E-state index in [0.29, 0.717) is 0 Å². The van der Waals surface area contributed by atoms with Crippen molar-refractivity contribution >= 4 is 23.4 Å². The zero-order valence-corrected chi connectivity index (χ0v) is 16.7. The van der Waals surface area contributed by atoms with Gasteiger partial charge in [0.1, 0.15) is 5.75 Å². The number of hydrogen-bond acceptors (Lipinski definition) is 4. The number of halogens is 1. The first-order valence-electron chi connectivity index (χ1n) is 8.59. The van der Waals surface area contributed by atoms with Crippen LogP contribution in [0.3, 0.4) is 0 Å². The number of rotatable bonds is 7. The van der Waals surface area contributed by atoms with Crippen molar-refractivity contribution in [2.24, 2.45) is 7.05 Å². The number of thioether (sulfide) groups is 1. The minimum atomic E-state index is -0.180. The predicted molar refractivity (Wildman–Crippen MR) is 107 cm³/mol. The quantitative estimate of drug-likeness (QED) is 0.504.